The molecule has 1 saturated heterocycles. The molecule has 0 saturated carbocycles. The van der Waals surface area contributed by atoms with Gasteiger partial charge in [-0.05, 0) is 43.7 Å². The molecule has 0 radical (unpaired) electrons. The monoisotopic (exact) mass is 255 g/mol. The molecule has 0 spiro atoms. The maximum Gasteiger partial charge on any atom is 0.143 e. The van der Waals surface area contributed by atoms with Crippen LogP contribution in [0, 0.1) is 5.82 Å². The Labute approximate surface area is 106 Å². The summed E-state index contributed by atoms with van der Waals surface area (Å²) >= 11 is 1.40. The molecule has 0 amide bonds. The summed E-state index contributed by atoms with van der Waals surface area (Å²) in [4.78, 5) is 0.614. The number of thioether (sulfide) groups is 1. The third-order valence-corrected chi connectivity index (χ3v) is 3.98. The van der Waals surface area contributed by atoms with Gasteiger partial charge in [-0.3, -0.25) is 0 Å². The van der Waals surface area contributed by atoms with Crippen LogP contribution < -0.4 is 10.1 Å². The maximum atomic E-state index is 14.2. The van der Waals surface area contributed by atoms with Crippen LogP contribution in [-0.4, -0.2) is 26.0 Å². The Kier molecular flexibility index (Phi) is 4.29. The Morgan fingerprint density at radius 2 is 2.35 bits per heavy atom. The molecule has 1 atom stereocenters. The molecule has 1 N–H and O–H groups in total. The van der Waals surface area contributed by atoms with Crippen molar-refractivity contribution < 1.29 is 9.13 Å². The lowest BCUT2D eigenvalue weighted by atomic mass is 10.0. The molecule has 94 valence electrons. The normalized spacial score (nSPS) is 19.6. The van der Waals surface area contributed by atoms with E-state index in [0.717, 1.165) is 24.9 Å². The van der Waals surface area contributed by atoms with E-state index in [1.807, 2.05) is 18.4 Å². The second-order valence-corrected chi connectivity index (χ2v) is 5.09. The zero-order chi connectivity index (χ0) is 12.3. The molecule has 2 rings (SSSR count). The molecule has 17 heavy (non-hydrogen) atoms. The van der Waals surface area contributed by atoms with Crippen LogP contribution in [0.2, 0.25) is 0 Å². The van der Waals surface area contributed by atoms with Crippen LogP contribution >= 0.6 is 11.8 Å². The lowest BCUT2D eigenvalue weighted by Gasteiger charge is -2.14. The fourth-order valence-electron chi connectivity index (χ4n) is 2.28. The van der Waals surface area contributed by atoms with Gasteiger partial charge in [0.25, 0.3) is 0 Å². The summed E-state index contributed by atoms with van der Waals surface area (Å²) in [5.74, 6) is 0.503. The van der Waals surface area contributed by atoms with Gasteiger partial charge in [-0.25, -0.2) is 4.39 Å². The van der Waals surface area contributed by atoms with Gasteiger partial charge in [-0.1, -0.05) is 6.07 Å². The Balaban J connectivity index is 2.22. The van der Waals surface area contributed by atoms with E-state index in [1.54, 1.807) is 7.11 Å². The highest BCUT2D eigenvalue weighted by molar-refractivity contribution is 7.98. The maximum absolute atomic E-state index is 14.2. The van der Waals surface area contributed by atoms with Gasteiger partial charge < -0.3 is 10.1 Å². The number of nitrogens with one attached hydrogen (secondary N) is 1. The summed E-state index contributed by atoms with van der Waals surface area (Å²) in [6.45, 7) is 1.05. The van der Waals surface area contributed by atoms with Crippen LogP contribution in [0.5, 0.6) is 5.75 Å². The molecule has 0 aromatic heterocycles. The molecule has 0 bridgehead atoms. The summed E-state index contributed by atoms with van der Waals surface area (Å²) in [6.07, 6.45) is 4.97. The summed E-state index contributed by atoms with van der Waals surface area (Å²) < 4.78 is 19.4. The highest BCUT2D eigenvalue weighted by Gasteiger charge is 2.19. The SMILES string of the molecule is COc1ccc(CC2CCCN2)c(F)c1SC. The highest BCUT2D eigenvalue weighted by Crippen LogP contribution is 2.32. The van der Waals surface area contributed by atoms with E-state index in [0.29, 0.717) is 16.7 Å². The van der Waals surface area contributed by atoms with E-state index in [1.165, 1.54) is 18.2 Å². The van der Waals surface area contributed by atoms with Gasteiger partial charge in [0, 0.05) is 6.04 Å². The first-order chi connectivity index (χ1) is 8.26. The van der Waals surface area contributed by atoms with Gasteiger partial charge >= 0.3 is 0 Å². The molecular weight excluding hydrogens is 237 g/mol. The van der Waals surface area contributed by atoms with Gasteiger partial charge in [0.15, 0.2) is 0 Å². The fourth-order valence-corrected chi connectivity index (χ4v) is 2.95. The van der Waals surface area contributed by atoms with Crippen LogP contribution in [0.1, 0.15) is 18.4 Å². The number of hydrogen-bond donors (Lipinski definition) is 1. The van der Waals surface area contributed by atoms with E-state index >= 15 is 0 Å². The molecule has 0 aliphatic carbocycles. The third kappa shape index (κ3) is 2.75. The molecule has 1 aliphatic heterocycles. The second-order valence-electron chi connectivity index (χ2n) is 4.27. The van der Waals surface area contributed by atoms with Crippen molar-refractivity contribution in [3.63, 3.8) is 0 Å². The Morgan fingerprint density at radius 1 is 1.53 bits per heavy atom. The minimum atomic E-state index is -0.120. The molecule has 4 heteroatoms. The van der Waals surface area contributed by atoms with E-state index in [4.69, 9.17) is 4.74 Å². The first-order valence-electron chi connectivity index (χ1n) is 5.89. The first-order valence-corrected chi connectivity index (χ1v) is 7.11. The van der Waals surface area contributed by atoms with Crippen molar-refractivity contribution in [1.29, 1.82) is 0 Å². The molecule has 1 aromatic carbocycles. The van der Waals surface area contributed by atoms with Crippen molar-refractivity contribution >= 4 is 11.8 Å². The van der Waals surface area contributed by atoms with E-state index < -0.39 is 0 Å². The quantitative estimate of drug-likeness (QED) is 0.836. The van der Waals surface area contributed by atoms with Crippen molar-refractivity contribution in [2.45, 2.75) is 30.2 Å². The topological polar surface area (TPSA) is 21.3 Å². The molecule has 1 aromatic rings. The molecular formula is C13H18FNOS. The smallest absolute Gasteiger partial charge is 0.143 e. The molecule has 2 nitrogen and oxygen atoms in total. The lowest BCUT2D eigenvalue weighted by Crippen LogP contribution is -2.24. The van der Waals surface area contributed by atoms with Crippen molar-refractivity contribution in [3.8, 4) is 5.75 Å². The Morgan fingerprint density at radius 3 is 2.94 bits per heavy atom. The van der Waals surface area contributed by atoms with Crippen LogP contribution in [-0.2, 0) is 6.42 Å². The number of hydrogen-bond acceptors (Lipinski definition) is 3. The third-order valence-electron chi connectivity index (χ3n) is 3.19. The van der Waals surface area contributed by atoms with E-state index in [-0.39, 0.29) is 5.82 Å². The van der Waals surface area contributed by atoms with Gasteiger partial charge in [0.2, 0.25) is 0 Å². The van der Waals surface area contributed by atoms with E-state index in [2.05, 4.69) is 5.32 Å². The average molecular weight is 255 g/mol. The van der Waals surface area contributed by atoms with Gasteiger partial charge in [-0.15, -0.1) is 11.8 Å². The number of ether oxygens (including phenoxy) is 1. The number of halogens is 1. The zero-order valence-electron chi connectivity index (χ0n) is 10.3. The lowest BCUT2D eigenvalue weighted by molar-refractivity contribution is 0.396. The van der Waals surface area contributed by atoms with Crippen LogP contribution in [0.15, 0.2) is 17.0 Å². The van der Waals surface area contributed by atoms with Crippen molar-refractivity contribution in [2.75, 3.05) is 19.9 Å². The Bertz CT molecular complexity index is 391. The summed E-state index contributed by atoms with van der Waals surface area (Å²) in [6, 6.07) is 4.13. The van der Waals surface area contributed by atoms with Crippen LogP contribution in [0.3, 0.4) is 0 Å². The molecule has 1 unspecified atom stereocenters. The summed E-state index contributed by atoms with van der Waals surface area (Å²) in [5.41, 5.74) is 0.787. The predicted octanol–water partition coefficient (Wildman–Crippen LogP) is 2.85. The minimum Gasteiger partial charge on any atom is -0.495 e. The summed E-state index contributed by atoms with van der Waals surface area (Å²) in [5, 5.41) is 3.39. The van der Waals surface area contributed by atoms with Gasteiger partial charge in [-0.2, -0.15) is 0 Å². The molecule has 1 aliphatic rings. The minimum absolute atomic E-state index is 0.120. The van der Waals surface area contributed by atoms with Gasteiger partial charge in [0.1, 0.15) is 11.6 Å². The molecule has 1 fully saturated rings. The number of methoxy groups -OCH3 is 1. The van der Waals surface area contributed by atoms with E-state index in [9.17, 15) is 4.39 Å². The van der Waals surface area contributed by atoms with Crippen molar-refractivity contribution in [1.82, 2.24) is 5.32 Å². The van der Waals surface area contributed by atoms with Crippen LogP contribution in [0.4, 0.5) is 4.39 Å². The first kappa shape index (κ1) is 12.7. The number of rotatable bonds is 4. The number of benzene rings is 1. The zero-order valence-corrected chi connectivity index (χ0v) is 11.1. The average Bonchev–Trinajstić information content (AvgIpc) is 2.84. The van der Waals surface area contributed by atoms with Crippen molar-refractivity contribution in [2.24, 2.45) is 0 Å². The molecule has 1 heterocycles. The van der Waals surface area contributed by atoms with Gasteiger partial charge in [0.05, 0.1) is 12.0 Å². The standard InChI is InChI=1S/C13H18FNOS/c1-16-11-6-5-9(12(14)13(11)17-2)8-10-4-3-7-15-10/h5-6,10,15H,3-4,7-8H2,1-2H3. The predicted molar refractivity (Wildman–Crippen MR) is 69.5 cm³/mol. The second kappa shape index (κ2) is 5.74. The largest absolute Gasteiger partial charge is 0.495 e. The fraction of sp³-hybridized carbons (Fsp3) is 0.538. The van der Waals surface area contributed by atoms with Crippen molar-refractivity contribution in [3.05, 3.63) is 23.5 Å². The van der Waals surface area contributed by atoms with Crippen LogP contribution in [0.25, 0.3) is 0 Å². The highest BCUT2D eigenvalue weighted by atomic mass is 32.2. The summed E-state index contributed by atoms with van der Waals surface area (Å²) in [7, 11) is 1.58. The Hall–Kier alpha value is -0.740.